The van der Waals surface area contributed by atoms with Gasteiger partial charge in [0.05, 0.1) is 5.02 Å². The summed E-state index contributed by atoms with van der Waals surface area (Å²) in [4.78, 5) is 0. The molecule has 0 amide bonds. The van der Waals surface area contributed by atoms with E-state index in [1.54, 1.807) is 0 Å². The van der Waals surface area contributed by atoms with Gasteiger partial charge in [-0.25, -0.2) is 8.78 Å². The minimum absolute atomic E-state index is 0.186. The van der Waals surface area contributed by atoms with Gasteiger partial charge in [0.1, 0.15) is 0 Å². The first-order valence-corrected chi connectivity index (χ1v) is 5.85. The molecule has 1 nitrogen and oxygen atoms in total. The predicted octanol–water partition coefficient (Wildman–Crippen LogP) is 4.05. The lowest BCUT2D eigenvalue weighted by Gasteiger charge is -2.10. The summed E-state index contributed by atoms with van der Waals surface area (Å²) in [6.07, 6.45) is 0. The molecule has 2 rings (SSSR count). The number of nitrogens with two attached hydrogens (primary N) is 1. The van der Waals surface area contributed by atoms with Gasteiger partial charge < -0.3 is 5.73 Å². The average molecular weight is 268 g/mol. The molecule has 94 valence electrons. The maximum atomic E-state index is 13.3. The standard InChI is InChI=1S/C14H12ClF2N/c1-8-2-3-9(7-18)4-10(8)11-5-13(16)14(17)6-12(11)15/h2-6H,7,18H2,1H3. The smallest absolute Gasteiger partial charge is 0.160 e. The van der Waals surface area contributed by atoms with Gasteiger partial charge in [-0.15, -0.1) is 0 Å². The molecular weight excluding hydrogens is 256 g/mol. The molecule has 2 aromatic carbocycles. The molecule has 0 spiro atoms. The first kappa shape index (κ1) is 13.0. The van der Waals surface area contributed by atoms with Crippen LogP contribution in [0.2, 0.25) is 5.02 Å². The van der Waals surface area contributed by atoms with Crippen molar-refractivity contribution in [2.75, 3.05) is 0 Å². The average Bonchev–Trinajstić information content (AvgIpc) is 2.35. The summed E-state index contributed by atoms with van der Waals surface area (Å²) in [7, 11) is 0. The topological polar surface area (TPSA) is 26.0 Å². The number of halogens is 3. The third-order valence-electron chi connectivity index (χ3n) is 2.84. The minimum Gasteiger partial charge on any atom is -0.326 e. The Labute approximate surface area is 109 Å². The Morgan fingerprint density at radius 2 is 1.72 bits per heavy atom. The van der Waals surface area contributed by atoms with Crippen LogP contribution in [-0.4, -0.2) is 0 Å². The van der Waals surface area contributed by atoms with E-state index in [4.69, 9.17) is 17.3 Å². The molecule has 0 radical (unpaired) electrons. The third kappa shape index (κ3) is 2.37. The Bertz CT molecular complexity index is 597. The van der Waals surface area contributed by atoms with Crippen molar-refractivity contribution < 1.29 is 8.78 Å². The van der Waals surface area contributed by atoms with Gasteiger partial charge in [0, 0.05) is 12.1 Å². The summed E-state index contributed by atoms with van der Waals surface area (Å²) >= 11 is 5.97. The van der Waals surface area contributed by atoms with Gasteiger partial charge in [-0.2, -0.15) is 0 Å². The molecule has 0 aliphatic heterocycles. The zero-order valence-electron chi connectivity index (χ0n) is 9.81. The quantitative estimate of drug-likeness (QED) is 0.816. The van der Waals surface area contributed by atoms with Crippen molar-refractivity contribution in [2.24, 2.45) is 5.73 Å². The fourth-order valence-electron chi connectivity index (χ4n) is 1.82. The summed E-state index contributed by atoms with van der Waals surface area (Å²) in [6, 6.07) is 7.72. The number of aryl methyl sites for hydroxylation is 1. The van der Waals surface area contributed by atoms with Gasteiger partial charge in [0.25, 0.3) is 0 Å². The van der Waals surface area contributed by atoms with E-state index in [0.717, 1.165) is 28.8 Å². The van der Waals surface area contributed by atoms with E-state index >= 15 is 0 Å². The molecule has 0 unspecified atom stereocenters. The second-order valence-corrected chi connectivity index (χ2v) is 4.51. The summed E-state index contributed by atoms with van der Waals surface area (Å²) in [5, 5.41) is 0.186. The zero-order chi connectivity index (χ0) is 13.3. The van der Waals surface area contributed by atoms with Crippen LogP contribution in [0.1, 0.15) is 11.1 Å². The summed E-state index contributed by atoms with van der Waals surface area (Å²) in [5.41, 5.74) is 8.66. The fourth-order valence-corrected chi connectivity index (χ4v) is 2.07. The van der Waals surface area contributed by atoms with Crippen molar-refractivity contribution in [3.8, 4) is 11.1 Å². The third-order valence-corrected chi connectivity index (χ3v) is 3.15. The molecular formula is C14H12ClF2N. The maximum absolute atomic E-state index is 13.3. The van der Waals surface area contributed by atoms with E-state index in [1.807, 2.05) is 25.1 Å². The Morgan fingerprint density at radius 3 is 2.39 bits per heavy atom. The Morgan fingerprint density at radius 1 is 1.06 bits per heavy atom. The second-order valence-electron chi connectivity index (χ2n) is 4.10. The van der Waals surface area contributed by atoms with Crippen LogP contribution in [0.3, 0.4) is 0 Å². The van der Waals surface area contributed by atoms with Crippen molar-refractivity contribution in [3.05, 3.63) is 58.1 Å². The highest BCUT2D eigenvalue weighted by Gasteiger charge is 2.12. The molecule has 0 aromatic heterocycles. The first-order chi connectivity index (χ1) is 8.52. The van der Waals surface area contributed by atoms with Crippen molar-refractivity contribution >= 4 is 11.6 Å². The van der Waals surface area contributed by atoms with E-state index < -0.39 is 11.6 Å². The lowest BCUT2D eigenvalue weighted by Crippen LogP contribution is -1.97. The van der Waals surface area contributed by atoms with Crippen molar-refractivity contribution in [3.63, 3.8) is 0 Å². The van der Waals surface area contributed by atoms with E-state index in [1.165, 1.54) is 0 Å². The molecule has 0 aliphatic rings. The van der Waals surface area contributed by atoms with Crippen LogP contribution in [0.15, 0.2) is 30.3 Å². The highest BCUT2D eigenvalue weighted by atomic mass is 35.5. The molecule has 18 heavy (non-hydrogen) atoms. The van der Waals surface area contributed by atoms with Crippen LogP contribution in [0.4, 0.5) is 8.78 Å². The molecule has 0 bridgehead atoms. The van der Waals surface area contributed by atoms with E-state index in [-0.39, 0.29) is 5.02 Å². The number of benzene rings is 2. The first-order valence-electron chi connectivity index (χ1n) is 5.47. The van der Waals surface area contributed by atoms with Gasteiger partial charge in [0.2, 0.25) is 0 Å². The monoisotopic (exact) mass is 267 g/mol. The van der Waals surface area contributed by atoms with Crippen LogP contribution < -0.4 is 5.73 Å². The molecule has 4 heteroatoms. The summed E-state index contributed by atoms with van der Waals surface area (Å²) < 4.78 is 26.3. The van der Waals surface area contributed by atoms with E-state index in [2.05, 4.69) is 0 Å². The Balaban J connectivity index is 2.64. The normalized spacial score (nSPS) is 10.7. The molecule has 2 aromatic rings. The van der Waals surface area contributed by atoms with Crippen LogP contribution in [0.25, 0.3) is 11.1 Å². The molecule has 0 saturated carbocycles. The zero-order valence-corrected chi connectivity index (χ0v) is 10.6. The number of hydrogen-bond donors (Lipinski definition) is 1. The van der Waals surface area contributed by atoms with Crippen LogP contribution in [0.5, 0.6) is 0 Å². The van der Waals surface area contributed by atoms with Gasteiger partial charge in [-0.1, -0.05) is 23.7 Å². The van der Waals surface area contributed by atoms with Gasteiger partial charge in [-0.3, -0.25) is 0 Å². The van der Waals surface area contributed by atoms with Crippen LogP contribution in [-0.2, 0) is 6.54 Å². The SMILES string of the molecule is Cc1ccc(CN)cc1-c1cc(F)c(F)cc1Cl. The molecule has 0 fully saturated rings. The second kappa shape index (κ2) is 5.04. The van der Waals surface area contributed by atoms with Gasteiger partial charge in [-0.05, 0) is 41.8 Å². The predicted molar refractivity (Wildman–Crippen MR) is 69.4 cm³/mol. The van der Waals surface area contributed by atoms with Gasteiger partial charge >= 0.3 is 0 Å². The Kier molecular flexibility index (Phi) is 3.64. The number of rotatable bonds is 2. The van der Waals surface area contributed by atoms with E-state index in [9.17, 15) is 8.78 Å². The van der Waals surface area contributed by atoms with Crippen molar-refractivity contribution in [1.82, 2.24) is 0 Å². The van der Waals surface area contributed by atoms with E-state index in [0.29, 0.717) is 12.1 Å². The fraction of sp³-hybridized carbons (Fsp3) is 0.143. The largest absolute Gasteiger partial charge is 0.326 e. The van der Waals surface area contributed by atoms with Crippen LogP contribution >= 0.6 is 11.6 Å². The molecule has 0 atom stereocenters. The van der Waals surface area contributed by atoms with Crippen molar-refractivity contribution in [1.29, 1.82) is 0 Å². The van der Waals surface area contributed by atoms with Crippen molar-refractivity contribution in [2.45, 2.75) is 13.5 Å². The summed E-state index contributed by atoms with van der Waals surface area (Å²) in [5.74, 6) is -1.86. The highest BCUT2D eigenvalue weighted by Crippen LogP contribution is 2.32. The van der Waals surface area contributed by atoms with Crippen LogP contribution in [0, 0.1) is 18.6 Å². The maximum Gasteiger partial charge on any atom is 0.160 e. The molecule has 0 saturated heterocycles. The molecule has 2 N–H and O–H groups in total. The molecule has 0 aliphatic carbocycles. The highest BCUT2D eigenvalue weighted by molar-refractivity contribution is 6.33. The summed E-state index contributed by atoms with van der Waals surface area (Å²) in [6.45, 7) is 2.27. The lowest BCUT2D eigenvalue weighted by molar-refractivity contribution is 0.509. The number of hydrogen-bond acceptors (Lipinski definition) is 1. The molecule has 0 heterocycles. The Hall–Kier alpha value is -1.45. The minimum atomic E-state index is -0.948. The van der Waals surface area contributed by atoms with Gasteiger partial charge in [0.15, 0.2) is 11.6 Å². The lowest BCUT2D eigenvalue weighted by atomic mass is 9.98.